The van der Waals surface area contributed by atoms with Gasteiger partial charge in [-0.05, 0) is 78.9 Å². The number of nitrogens with two attached hydrogens (primary N) is 1. The van der Waals surface area contributed by atoms with E-state index in [4.69, 9.17) is 24.7 Å². The molecule has 2 atom stereocenters. The molecule has 9 heteroatoms. The van der Waals surface area contributed by atoms with Crippen molar-refractivity contribution in [2.75, 3.05) is 13.2 Å². The number of alkyl carbamates (subject to hydrolysis) is 1. The normalized spacial score (nSPS) is 13.5. The Morgan fingerprint density at radius 1 is 0.944 bits per heavy atom. The van der Waals surface area contributed by atoms with E-state index in [-0.39, 0.29) is 25.1 Å². The Bertz CT molecular complexity index is 826. The number of carbonyl (C=O) groups is 3. The summed E-state index contributed by atoms with van der Waals surface area (Å²) in [6.07, 6.45) is 1.16. The van der Waals surface area contributed by atoms with Gasteiger partial charge in [-0.1, -0.05) is 24.3 Å². The number of ether oxygens (including phenoxy) is 4. The third-order valence-corrected chi connectivity index (χ3v) is 4.90. The van der Waals surface area contributed by atoms with Crippen molar-refractivity contribution in [1.29, 1.82) is 0 Å². The first-order valence-corrected chi connectivity index (χ1v) is 12.4. The predicted octanol–water partition coefficient (Wildman–Crippen LogP) is 4.04. The fourth-order valence-electron chi connectivity index (χ4n) is 3.23. The zero-order chi connectivity index (χ0) is 27.4. The number of nitrogens with one attached hydrogen (secondary N) is 1. The van der Waals surface area contributed by atoms with Crippen molar-refractivity contribution in [2.45, 2.75) is 104 Å². The summed E-state index contributed by atoms with van der Waals surface area (Å²) in [5.41, 5.74) is 6.28. The van der Waals surface area contributed by atoms with Crippen LogP contribution in [-0.2, 0) is 41.6 Å². The fraction of sp³-hybridized carbons (Fsp3) is 0.667. The highest BCUT2D eigenvalue weighted by molar-refractivity contribution is 5.74. The second kappa shape index (κ2) is 14.8. The molecule has 204 valence electrons. The highest BCUT2D eigenvalue weighted by Gasteiger charge is 2.24. The molecule has 1 aromatic carbocycles. The van der Waals surface area contributed by atoms with Crippen molar-refractivity contribution in [2.24, 2.45) is 5.73 Å². The number of esters is 1. The van der Waals surface area contributed by atoms with Crippen LogP contribution in [0.15, 0.2) is 24.3 Å². The number of primary amides is 1. The topological polar surface area (TPSA) is 126 Å². The molecule has 2 amide bonds. The molecule has 0 radical (unpaired) electrons. The number of amides is 2. The number of carbonyl (C=O) groups excluding carboxylic acids is 3. The smallest absolute Gasteiger partial charge is 0.407 e. The number of hydrogen-bond donors (Lipinski definition) is 2. The van der Waals surface area contributed by atoms with Crippen LogP contribution in [0.5, 0.6) is 0 Å². The maximum Gasteiger partial charge on any atom is 0.407 e. The summed E-state index contributed by atoms with van der Waals surface area (Å²) in [7, 11) is 0. The van der Waals surface area contributed by atoms with Gasteiger partial charge in [0.05, 0.1) is 18.8 Å². The van der Waals surface area contributed by atoms with Crippen molar-refractivity contribution < 1.29 is 33.3 Å². The third-order valence-electron chi connectivity index (χ3n) is 4.90. The molecule has 0 aliphatic carbocycles. The minimum Gasteiger partial charge on any atom is -0.458 e. The molecule has 3 N–H and O–H groups in total. The highest BCUT2D eigenvalue weighted by atomic mass is 16.6. The quantitative estimate of drug-likeness (QED) is 0.287. The average Bonchev–Trinajstić information content (AvgIpc) is 2.73. The molecule has 36 heavy (non-hydrogen) atoms. The van der Waals surface area contributed by atoms with E-state index in [1.807, 2.05) is 52.0 Å². The molecule has 2 unspecified atom stereocenters. The minimum atomic E-state index is -0.631. The maximum absolute atomic E-state index is 12.2. The van der Waals surface area contributed by atoms with Crippen LogP contribution in [0.1, 0.15) is 78.9 Å². The number of hydrogen-bond acceptors (Lipinski definition) is 7. The number of aryl methyl sites for hydroxylation is 1. The van der Waals surface area contributed by atoms with Crippen LogP contribution in [0.2, 0.25) is 0 Å². The van der Waals surface area contributed by atoms with E-state index >= 15 is 0 Å². The van der Waals surface area contributed by atoms with Crippen molar-refractivity contribution in [1.82, 2.24) is 5.32 Å². The van der Waals surface area contributed by atoms with Gasteiger partial charge in [-0.2, -0.15) is 0 Å². The van der Waals surface area contributed by atoms with Crippen LogP contribution < -0.4 is 11.1 Å². The first-order valence-electron chi connectivity index (χ1n) is 12.4. The van der Waals surface area contributed by atoms with Gasteiger partial charge in [0, 0.05) is 13.0 Å². The lowest BCUT2D eigenvalue weighted by molar-refractivity contribution is -0.160. The second-order valence-electron chi connectivity index (χ2n) is 10.8. The Hall–Kier alpha value is -2.65. The van der Waals surface area contributed by atoms with E-state index < -0.39 is 29.2 Å². The molecule has 0 saturated carbocycles. The monoisotopic (exact) mass is 508 g/mol. The summed E-state index contributed by atoms with van der Waals surface area (Å²) < 4.78 is 21.9. The average molecular weight is 509 g/mol. The van der Waals surface area contributed by atoms with Gasteiger partial charge in [0.25, 0.3) is 0 Å². The van der Waals surface area contributed by atoms with Crippen LogP contribution in [0.4, 0.5) is 4.79 Å². The lowest BCUT2D eigenvalue weighted by Crippen LogP contribution is -2.45. The van der Waals surface area contributed by atoms with Crippen LogP contribution in [-0.4, -0.2) is 54.5 Å². The number of benzene rings is 1. The molecule has 0 aliphatic heterocycles. The van der Waals surface area contributed by atoms with Gasteiger partial charge in [-0.15, -0.1) is 0 Å². The SMILES string of the molecule is CC(OCc1ccc(CCCOCC(=O)OC(C)(C)C)cc1)C(CCC(N)=O)NC(=O)OC(C)(C)C. The zero-order valence-electron chi connectivity index (χ0n) is 22.8. The molecule has 0 fully saturated rings. The Balaban J connectivity index is 2.47. The van der Waals surface area contributed by atoms with E-state index in [9.17, 15) is 14.4 Å². The van der Waals surface area contributed by atoms with Crippen LogP contribution in [0.3, 0.4) is 0 Å². The molecule has 1 aromatic rings. The molecular formula is C27H44N2O7. The van der Waals surface area contributed by atoms with E-state index in [0.29, 0.717) is 19.6 Å². The van der Waals surface area contributed by atoms with Crippen LogP contribution in [0, 0.1) is 0 Å². The second-order valence-corrected chi connectivity index (χ2v) is 10.8. The largest absolute Gasteiger partial charge is 0.458 e. The summed E-state index contributed by atoms with van der Waals surface area (Å²) in [5, 5.41) is 2.79. The summed E-state index contributed by atoms with van der Waals surface area (Å²) in [5.74, 6) is -0.803. The Labute approximate surface area is 215 Å². The van der Waals surface area contributed by atoms with E-state index in [1.54, 1.807) is 20.8 Å². The van der Waals surface area contributed by atoms with E-state index in [1.165, 1.54) is 0 Å². The van der Waals surface area contributed by atoms with Crippen molar-refractivity contribution in [3.8, 4) is 0 Å². The van der Waals surface area contributed by atoms with Crippen LogP contribution >= 0.6 is 0 Å². The molecule has 0 aliphatic rings. The molecule has 0 aromatic heterocycles. The van der Waals surface area contributed by atoms with Gasteiger partial charge in [-0.3, -0.25) is 4.79 Å². The van der Waals surface area contributed by atoms with Gasteiger partial charge < -0.3 is 30.0 Å². The Morgan fingerprint density at radius 2 is 1.53 bits per heavy atom. The predicted molar refractivity (Wildman–Crippen MR) is 137 cm³/mol. The fourth-order valence-corrected chi connectivity index (χ4v) is 3.23. The van der Waals surface area contributed by atoms with Crippen LogP contribution in [0.25, 0.3) is 0 Å². The standard InChI is InChI=1S/C27H44N2O7/c1-19(22(14-15-23(28)30)29-25(32)36-27(5,6)7)34-17-21-12-10-20(11-13-21)9-8-16-33-18-24(31)35-26(2,3)4/h10-13,19,22H,8-9,14-18H2,1-7H3,(H2,28,30)(H,29,32). The molecule has 0 bridgehead atoms. The van der Waals surface area contributed by atoms with Gasteiger partial charge >= 0.3 is 12.1 Å². The molecule has 0 saturated heterocycles. The summed E-state index contributed by atoms with van der Waals surface area (Å²) >= 11 is 0. The molecular weight excluding hydrogens is 464 g/mol. The van der Waals surface area contributed by atoms with Crippen molar-refractivity contribution >= 4 is 18.0 Å². The highest BCUT2D eigenvalue weighted by Crippen LogP contribution is 2.14. The first-order chi connectivity index (χ1) is 16.6. The first kappa shape index (κ1) is 31.4. The van der Waals surface area contributed by atoms with Gasteiger partial charge in [0.2, 0.25) is 5.91 Å². The minimum absolute atomic E-state index is 0.0467. The van der Waals surface area contributed by atoms with Crippen molar-refractivity contribution in [3.05, 3.63) is 35.4 Å². The Morgan fingerprint density at radius 3 is 2.08 bits per heavy atom. The van der Waals surface area contributed by atoms with E-state index in [0.717, 1.165) is 24.0 Å². The summed E-state index contributed by atoms with van der Waals surface area (Å²) in [6, 6.07) is 7.61. The van der Waals surface area contributed by atoms with E-state index in [2.05, 4.69) is 5.32 Å². The Kier molecular flexibility index (Phi) is 12.9. The van der Waals surface area contributed by atoms with Gasteiger partial charge in [0.1, 0.15) is 17.8 Å². The maximum atomic E-state index is 12.2. The number of rotatable bonds is 14. The molecule has 1 rings (SSSR count). The lowest BCUT2D eigenvalue weighted by Gasteiger charge is -2.27. The summed E-state index contributed by atoms with van der Waals surface area (Å²) in [4.78, 5) is 35.1. The molecule has 0 spiro atoms. The lowest BCUT2D eigenvalue weighted by atomic mass is 10.1. The van der Waals surface area contributed by atoms with Gasteiger partial charge in [-0.25, -0.2) is 9.59 Å². The van der Waals surface area contributed by atoms with Gasteiger partial charge in [0.15, 0.2) is 0 Å². The molecule has 0 heterocycles. The zero-order valence-corrected chi connectivity index (χ0v) is 22.8. The third kappa shape index (κ3) is 15.4. The molecule has 9 nitrogen and oxygen atoms in total. The summed E-state index contributed by atoms with van der Waals surface area (Å²) in [6.45, 7) is 13.4. The van der Waals surface area contributed by atoms with Crippen molar-refractivity contribution in [3.63, 3.8) is 0 Å².